The Morgan fingerprint density at radius 2 is 2.03 bits per heavy atom. The number of hydrogen-bond donors (Lipinski definition) is 1. The van der Waals surface area contributed by atoms with Crippen molar-refractivity contribution in [3.63, 3.8) is 0 Å². The Balaban J connectivity index is 1.35. The van der Waals surface area contributed by atoms with E-state index in [1.54, 1.807) is 23.8 Å². The lowest BCUT2D eigenvalue weighted by Gasteiger charge is -2.29. The molecule has 6 nitrogen and oxygen atoms in total. The Labute approximate surface area is 179 Å². The fraction of sp³-hybridized carbons (Fsp3) is 0.304. The summed E-state index contributed by atoms with van der Waals surface area (Å²) in [5, 5.41) is 3.84. The van der Waals surface area contributed by atoms with Crippen LogP contribution in [0.25, 0.3) is 11.0 Å². The van der Waals surface area contributed by atoms with E-state index in [4.69, 9.17) is 9.15 Å². The number of ether oxygens (including phenoxy) is 1. The highest BCUT2D eigenvalue weighted by molar-refractivity contribution is 7.99. The van der Waals surface area contributed by atoms with E-state index in [0.29, 0.717) is 23.6 Å². The average molecular weight is 425 g/mol. The van der Waals surface area contributed by atoms with Crippen molar-refractivity contribution >= 4 is 40.2 Å². The first-order valence-corrected chi connectivity index (χ1v) is 10.9. The molecular formula is C23H24N2O4S. The van der Waals surface area contributed by atoms with Crippen molar-refractivity contribution in [2.45, 2.75) is 30.7 Å². The largest absolute Gasteiger partial charge is 0.493 e. The van der Waals surface area contributed by atoms with Gasteiger partial charge in [0.15, 0.2) is 11.3 Å². The number of benzene rings is 2. The molecule has 2 heterocycles. The number of thioether (sulfide) groups is 1. The lowest BCUT2D eigenvalue weighted by molar-refractivity contribution is -0.125. The predicted molar refractivity (Wildman–Crippen MR) is 118 cm³/mol. The van der Waals surface area contributed by atoms with Gasteiger partial charge in [0, 0.05) is 35.4 Å². The van der Waals surface area contributed by atoms with E-state index in [2.05, 4.69) is 5.32 Å². The molecule has 3 aromatic rings. The van der Waals surface area contributed by atoms with Gasteiger partial charge in [0.05, 0.1) is 18.8 Å². The highest BCUT2D eigenvalue weighted by Gasteiger charge is 2.23. The number of anilines is 1. The number of furan rings is 1. The van der Waals surface area contributed by atoms with Crippen LogP contribution in [0.1, 0.15) is 31.6 Å². The first kappa shape index (κ1) is 20.3. The maximum atomic E-state index is 12.7. The van der Waals surface area contributed by atoms with Crippen LogP contribution in [0.4, 0.5) is 5.69 Å². The molecule has 1 N–H and O–H groups in total. The molecule has 0 radical (unpaired) electrons. The molecule has 1 aromatic heterocycles. The van der Waals surface area contributed by atoms with E-state index >= 15 is 0 Å². The summed E-state index contributed by atoms with van der Waals surface area (Å²) >= 11 is 1.75. The fourth-order valence-corrected chi connectivity index (χ4v) is 4.59. The molecule has 7 heteroatoms. The monoisotopic (exact) mass is 424 g/mol. The van der Waals surface area contributed by atoms with Crippen LogP contribution in [0, 0.1) is 0 Å². The molecule has 0 saturated heterocycles. The van der Waals surface area contributed by atoms with Crippen molar-refractivity contribution in [3.05, 3.63) is 54.3 Å². The number of para-hydroxylation sites is 2. The van der Waals surface area contributed by atoms with Gasteiger partial charge < -0.3 is 19.4 Å². The normalized spacial score (nSPS) is 14.3. The van der Waals surface area contributed by atoms with Gasteiger partial charge in [-0.1, -0.05) is 24.3 Å². The van der Waals surface area contributed by atoms with Gasteiger partial charge in [0.2, 0.25) is 11.8 Å². The Morgan fingerprint density at radius 1 is 1.20 bits per heavy atom. The summed E-state index contributed by atoms with van der Waals surface area (Å²) in [6, 6.07) is 15.1. The number of carbonyl (C=O) groups is 2. The maximum Gasteiger partial charge on any atom is 0.227 e. The average Bonchev–Trinajstić information content (AvgIpc) is 3.22. The molecule has 4 rings (SSSR count). The minimum atomic E-state index is -0.308. The second kappa shape index (κ2) is 8.83. The number of hydrogen-bond acceptors (Lipinski definition) is 5. The van der Waals surface area contributed by atoms with E-state index in [9.17, 15) is 9.59 Å². The first-order valence-electron chi connectivity index (χ1n) is 9.95. The van der Waals surface area contributed by atoms with Gasteiger partial charge in [-0.3, -0.25) is 9.59 Å². The Morgan fingerprint density at radius 3 is 2.87 bits per heavy atom. The molecule has 30 heavy (non-hydrogen) atoms. The zero-order valence-electron chi connectivity index (χ0n) is 17.0. The van der Waals surface area contributed by atoms with Crippen LogP contribution in [-0.2, 0) is 9.59 Å². The molecule has 0 fully saturated rings. The van der Waals surface area contributed by atoms with Crippen LogP contribution < -0.4 is 15.0 Å². The molecular weight excluding hydrogens is 400 g/mol. The summed E-state index contributed by atoms with van der Waals surface area (Å²) in [6.45, 7) is 2.53. The summed E-state index contributed by atoms with van der Waals surface area (Å²) in [5.74, 6) is 1.96. The van der Waals surface area contributed by atoms with E-state index in [1.165, 1.54) is 0 Å². The molecule has 1 atom stereocenters. The minimum Gasteiger partial charge on any atom is -0.493 e. The van der Waals surface area contributed by atoms with Crippen LogP contribution in [0.3, 0.4) is 0 Å². The Bertz CT molecular complexity index is 1080. The number of rotatable bonds is 6. The summed E-state index contributed by atoms with van der Waals surface area (Å²) in [4.78, 5) is 28.1. The third kappa shape index (κ3) is 4.16. The summed E-state index contributed by atoms with van der Waals surface area (Å²) < 4.78 is 11.2. The molecule has 1 aliphatic rings. The fourth-order valence-electron chi connectivity index (χ4n) is 3.60. The van der Waals surface area contributed by atoms with Crippen molar-refractivity contribution in [1.82, 2.24) is 5.32 Å². The molecule has 0 spiro atoms. The third-order valence-electron chi connectivity index (χ3n) is 5.15. The van der Waals surface area contributed by atoms with E-state index < -0.39 is 0 Å². The summed E-state index contributed by atoms with van der Waals surface area (Å²) in [7, 11) is 1.60. The standard InChI is InChI=1S/C23H24N2O4S/c1-15(19-14-16-6-5-8-18(28-2)23(16)29-19)24-21(26)10-11-22(27)25-12-13-30-20-9-4-3-7-17(20)25/h3-9,14-15H,10-13H2,1-2H3,(H,24,26). The number of methoxy groups -OCH3 is 1. The topological polar surface area (TPSA) is 71.8 Å². The first-order chi connectivity index (χ1) is 14.6. The van der Waals surface area contributed by atoms with Crippen molar-refractivity contribution in [2.24, 2.45) is 0 Å². The summed E-state index contributed by atoms with van der Waals surface area (Å²) in [6.07, 6.45) is 0.310. The summed E-state index contributed by atoms with van der Waals surface area (Å²) in [5.41, 5.74) is 1.59. The molecule has 0 saturated carbocycles. The minimum absolute atomic E-state index is 0.0287. The number of carbonyl (C=O) groups excluding carboxylic acids is 2. The second-order valence-electron chi connectivity index (χ2n) is 7.18. The van der Waals surface area contributed by atoms with Crippen molar-refractivity contribution < 1.29 is 18.7 Å². The Hall–Kier alpha value is -2.93. The number of amides is 2. The molecule has 1 unspecified atom stereocenters. The molecule has 156 valence electrons. The maximum absolute atomic E-state index is 12.7. The van der Waals surface area contributed by atoms with Crippen molar-refractivity contribution in [1.29, 1.82) is 0 Å². The number of nitrogens with zero attached hydrogens (tertiary/aromatic N) is 1. The second-order valence-corrected chi connectivity index (χ2v) is 8.31. The van der Waals surface area contributed by atoms with Gasteiger partial charge in [-0.2, -0.15) is 0 Å². The van der Waals surface area contributed by atoms with E-state index in [-0.39, 0.29) is 30.7 Å². The van der Waals surface area contributed by atoms with Crippen molar-refractivity contribution in [3.8, 4) is 5.75 Å². The highest BCUT2D eigenvalue weighted by Crippen LogP contribution is 2.35. The number of nitrogens with one attached hydrogen (secondary N) is 1. The van der Waals surface area contributed by atoms with Gasteiger partial charge in [-0.15, -0.1) is 11.8 Å². The van der Waals surface area contributed by atoms with Crippen LogP contribution >= 0.6 is 11.8 Å². The highest BCUT2D eigenvalue weighted by atomic mass is 32.2. The van der Waals surface area contributed by atoms with Gasteiger partial charge >= 0.3 is 0 Å². The van der Waals surface area contributed by atoms with Crippen LogP contribution in [0.5, 0.6) is 5.75 Å². The van der Waals surface area contributed by atoms with E-state index in [1.807, 2.05) is 55.5 Å². The lowest BCUT2D eigenvalue weighted by Crippen LogP contribution is -2.36. The van der Waals surface area contributed by atoms with Crippen LogP contribution in [0.2, 0.25) is 0 Å². The lowest BCUT2D eigenvalue weighted by atomic mass is 10.2. The molecule has 0 bridgehead atoms. The molecule has 0 aliphatic carbocycles. The zero-order valence-corrected chi connectivity index (χ0v) is 17.8. The van der Waals surface area contributed by atoms with Gasteiger partial charge in [-0.25, -0.2) is 0 Å². The zero-order chi connectivity index (χ0) is 21.1. The van der Waals surface area contributed by atoms with Crippen molar-refractivity contribution in [2.75, 3.05) is 24.3 Å². The number of fused-ring (bicyclic) bond motifs is 2. The molecule has 2 amide bonds. The third-order valence-corrected chi connectivity index (χ3v) is 6.19. The van der Waals surface area contributed by atoms with Crippen LogP contribution in [0.15, 0.2) is 57.8 Å². The smallest absolute Gasteiger partial charge is 0.227 e. The van der Waals surface area contributed by atoms with Gasteiger partial charge in [0.1, 0.15) is 5.76 Å². The van der Waals surface area contributed by atoms with E-state index in [0.717, 1.165) is 21.7 Å². The molecule has 2 aromatic carbocycles. The van der Waals surface area contributed by atoms with Crippen LogP contribution in [-0.4, -0.2) is 31.2 Å². The molecule has 1 aliphatic heterocycles. The Kier molecular flexibility index (Phi) is 5.99. The predicted octanol–water partition coefficient (Wildman–Crippen LogP) is 4.54. The SMILES string of the molecule is COc1cccc2cc(C(C)NC(=O)CCC(=O)N3CCSc4ccccc43)oc12. The quantitative estimate of drug-likeness (QED) is 0.629. The van der Waals surface area contributed by atoms with Gasteiger partial charge in [-0.05, 0) is 31.2 Å². The van der Waals surface area contributed by atoms with Gasteiger partial charge in [0.25, 0.3) is 0 Å².